The van der Waals surface area contributed by atoms with E-state index in [9.17, 15) is 17.6 Å². The van der Waals surface area contributed by atoms with Crippen LogP contribution in [0.15, 0.2) is 17.0 Å². The van der Waals surface area contributed by atoms with Gasteiger partial charge in [0, 0.05) is 21.7 Å². The molecule has 1 fully saturated rings. The summed E-state index contributed by atoms with van der Waals surface area (Å²) >= 11 is 5.73. The number of amides is 1. The lowest BCUT2D eigenvalue weighted by atomic mass is 10.1. The maximum absolute atomic E-state index is 14.1. The zero-order valence-electron chi connectivity index (χ0n) is 11.2. The Kier molecular flexibility index (Phi) is 4.80. The average Bonchev–Trinajstić information content (AvgIpc) is 3.13. The quantitative estimate of drug-likeness (QED) is 0.825. The highest BCUT2D eigenvalue weighted by Gasteiger charge is 2.27. The summed E-state index contributed by atoms with van der Waals surface area (Å²) in [7, 11) is 0.820. The summed E-state index contributed by atoms with van der Waals surface area (Å²) in [4.78, 5) is 11.3. The molecule has 21 heavy (non-hydrogen) atoms. The van der Waals surface area contributed by atoms with E-state index in [1.807, 2.05) is 6.92 Å². The summed E-state index contributed by atoms with van der Waals surface area (Å²) in [5.41, 5.74) is -0.427. The van der Waals surface area contributed by atoms with Gasteiger partial charge in [0.15, 0.2) is 5.82 Å². The molecule has 0 aliphatic heterocycles. The van der Waals surface area contributed by atoms with E-state index in [4.69, 9.17) is 22.3 Å². The van der Waals surface area contributed by atoms with E-state index in [2.05, 4.69) is 5.32 Å². The van der Waals surface area contributed by atoms with Gasteiger partial charge in [0.1, 0.15) is 4.90 Å². The fourth-order valence-corrected chi connectivity index (χ4v) is 3.33. The van der Waals surface area contributed by atoms with Crippen LogP contribution in [0.25, 0.3) is 0 Å². The number of nitrogens with one attached hydrogen (secondary N) is 1. The van der Waals surface area contributed by atoms with Crippen molar-refractivity contribution in [3.05, 3.63) is 28.5 Å². The van der Waals surface area contributed by atoms with Crippen molar-refractivity contribution in [1.82, 2.24) is 5.32 Å². The highest BCUT2D eigenvalue weighted by Crippen LogP contribution is 2.33. The number of carbonyl (C=O) groups excluding carboxylic acids is 1. The van der Waals surface area contributed by atoms with Crippen molar-refractivity contribution in [3.63, 3.8) is 0 Å². The SMILES string of the molecule is CC(CC1CC1)NC(=O)c1cc(Cl)cc(S(=O)(=O)Cl)c1F. The average molecular weight is 354 g/mol. The topological polar surface area (TPSA) is 63.2 Å². The lowest BCUT2D eigenvalue weighted by Crippen LogP contribution is -2.33. The molecule has 1 unspecified atom stereocenters. The Balaban J connectivity index is 2.25. The highest BCUT2D eigenvalue weighted by atomic mass is 35.7. The first-order valence-corrected chi connectivity index (χ1v) is 9.11. The van der Waals surface area contributed by atoms with Gasteiger partial charge in [-0.1, -0.05) is 24.4 Å². The molecule has 1 aromatic rings. The first-order chi connectivity index (χ1) is 9.68. The third kappa shape index (κ3) is 4.31. The maximum atomic E-state index is 14.1. The van der Waals surface area contributed by atoms with Crippen molar-refractivity contribution in [2.75, 3.05) is 0 Å². The molecule has 0 radical (unpaired) electrons. The van der Waals surface area contributed by atoms with Crippen LogP contribution in [0.3, 0.4) is 0 Å². The summed E-state index contributed by atoms with van der Waals surface area (Å²) < 4.78 is 36.7. The van der Waals surface area contributed by atoms with Crippen LogP contribution in [-0.2, 0) is 9.05 Å². The molecule has 1 aliphatic rings. The third-order valence-electron chi connectivity index (χ3n) is 3.27. The van der Waals surface area contributed by atoms with Crippen molar-refractivity contribution in [2.24, 2.45) is 5.92 Å². The molecule has 0 aromatic heterocycles. The minimum atomic E-state index is -4.32. The predicted octanol–water partition coefficient (Wildman–Crippen LogP) is 3.33. The third-order valence-corrected chi connectivity index (χ3v) is 4.81. The molecular formula is C13H14Cl2FNO3S. The van der Waals surface area contributed by atoms with Crippen molar-refractivity contribution in [1.29, 1.82) is 0 Å². The van der Waals surface area contributed by atoms with Crippen LogP contribution in [0.4, 0.5) is 4.39 Å². The van der Waals surface area contributed by atoms with E-state index >= 15 is 0 Å². The molecule has 8 heteroatoms. The van der Waals surface area contributed by atoms with Crippen LogP contribution in [0.5, 0.6) is 0 Å². The van der Waals surface area contributed by atoms with Crippen molar-refractivity contribution in [2.45, 2.75) is 37.1 Å². The van der Waals surface area contributed by atoms with Gasteiger partial charge in [-0.3, -0.25) is 4.79 Å². The Morgan fingerprint density at radius 1 is 1.48 bits per heavy atom. The van der Waals surface area contributed by atoms with Gasteiger partial charge in [-0.2, -0.15) is 0 Å². The molecule has 1 aliphatic carbocycles. The lowest BCUT2D eigenvalue weighted by molar-refractivity contribution is 0.0933. The molecule has 1 N–H and O–H groups in total. The zero-order chi connectivity index (χ0) is 15.8. The van der Waals surface area contributed by atoms with Crippen molar-refractivity contribution >= 4 is 37.2 Å². The molecule has 0 bridgehead atoms. The number of halogens is 3. The number of benzene rings is 1. The number of hydrogen-bond donors (Lipinski definition) is 1. The van der Waals surface area contributed by atoms with Crippen LogP contribution >= 0.6 is 22.3 Å². The Hall–Kier alpha value is -0.850. The van der Waals surface area contributed by atoms with Crippen LogP contribution in [0.1, 0.15) is 36.5 Å². The second-order valence-electron chi connectivity index (χ2n) is 5.26. The van der Waals surface area contributed by atoms with Gasteiger partial charge in [-0.25, -0.2) is 12.8 Å². The van der Waals surface area contributed by atoms with E-state index in [0.717, 1.165) is 31.4 Å². The van der Waals surface area contributed by atoms with Crippen LogP contribution < -0.4 is 5.32 Å². The standard InChI is InChI=1S/C13H14Cl2FNO3S/c1-7(4-8-2-3-8)17-13(18)10-5-9(14)6-11(12(10)16)21(15,19)20/h5-8H,2-4H2,1H3,(H,17,18). The second-order valence-corrected chi connectivity index (χ2v) is 8.23. The Morgan fingerprint density at radius 3 is 2.62 bits per heavy atom. The molecule has 0 spiro atoms. The first kappa shape index (κ1) is 16.5. The minimum Gasteiger partial charge on any atom is -0.349 e. The predicted molar refractivity (Wildman–Crippen MR) is 78.7 cm³/mol. The molecule has 0 heterocycles. The van der Waals surface area contributed by atoms with Gasteiger partial charge in [-0.05, 0) is 31.4 Å². The molecule has 116 valence electrons. The second kappa shape index (κ2) is 6.10. The number of carbonyl (C=O) groups is 1. The molecule has 4 nitrogen and oxygen atoms in total. The van der Waals surface area contributed by atoms with E-state index in [1.165, 1.54) is 0 Å². The van der Waals surface area contributed by atoms with Gasteiger partial charge in [-0.15, -0.1) is 0 Å². The van der Waals surface area contributed by atoms with E-state index < -0.39 is 31.2 Å². The fourth-order valence-electron chi connectivity index (χ4n) is 2.12. The largest absolute Gasteiger partial charge is 0.349 e. The molecule has 1 saturated carbocycles. The summed E-state index contributed by atoms with van der Waals surface area (Å²) in [6.45, 7) is 1.82. The summed E-state index contributed by atoms with van der Waals surface area (Å²) in [5.74, 6) is -1.29. The molecule has 1 atom stereocenters. The van der Waals surface area contributed by atoms with E-state index in [0.29, 0.717) is 5.92 Å². The lowest BCUT2D eigenvalue weighted by Gasteiger charge is -2.14. The van der Waals surface area contributed by atoms with Gasteiger partial charge < -0.3 is 5.32 Å². The minimum absolute atomic E-state index is 0.0735. The molecule has 0 saturated heterocycles. The Bertz CT molecular complexity index is 674. The van der Waals surface area contributed by atoms with Crippen LogP contribution in [-0.4, -0.2) is 20.4 Å². The van der Waals surface area contributed by atoms with Gasteiger partial charge >= 0.3 is 0 Å². The Labute approximate surface area is 132 Å². The van der Waals surface area contributed by atoms with Gasteiger partial charge in [0.2, 0.25) is 0 Å². The Morgan fingerprint density at radius 2 is 2.10 bits per heavy atom. The summed E-state index contributed by atoms with van der Waals surface area (Å²) in [6.07, 6.45) is 3.09. The van der Waals surface area contributed by atoms with Gasteiger partial charge in [0.05, 0.1) is 5.56 Å². The fraction of sp³-hybridized carbons (Fsp3) is 0.462. The van der Waals surface area contributed by atoms with E-state index in [1.54, 1.807) is 0 Å². The van der Waals surface area contributed by atoms with Gasteiger partial charge in [0.25, 0.3) is 15.0 Å². The maximum Gasteiger partial charge on any atom is 0.264 e. The monoisotopic (exact) mass is 353 g/mol. The van der Waals surface area contributed by atoms with Crippen LogP contribution in [0, 0.1) is 11.7 Å². The smallest absolute Gasteiger partial charge is 0.264 e. The van der Waals surface area contributed by atoms with Crippen LogP contribution in [0.2, 0.25) is 5.02 Å². The highest BCUT2D eigenvalue weighted by molar-refractivity contribution is 8.13. The number of hydrogen-bond acceptors (Lipinski definition) is 3. The molecular weight excluding hydrogens is 340 g/mol. The summed E-state index contributed by atoms with van der Waals surface area (Å²) in [5, 5.41) is 2.57. The molecule has 2 rings (SSSR count). The van der Waals surface area contributed by atoms with Crippen molar-refractivity contribution in [3.8, 4) is 0 Å². The number of rotatable bonds is 5. The molecule has 1 amide bonds. The zero-order valence-corrected chi connectivity index (χ0v) is 13.5. The van der Waals surface area contributed by atoms with E-state index in [-0.39, 0.29) is 11.1 Å². The molecule has 1 aromatic carbocycles. The first-order valence-electron chi connectivity index (χ1n) is 6.43. The van der Waals surface area contributed by atoms with Crippen molar-refractivity contribution < 1.29 is 17.6 Å². The normalized spacial score (nSPS) is 16.6. The summed E-state index contributed by atoms with van der Waals surface area (Å²) in [6, 6.07) is 1.84.